The summed E-state index contributed by atoms with van der Waals surface area (Å²) in [5.41, 5.74) is 6.35. The molecule has 0 saturated carbocycles. The maximum atomic E-state index is 11.7. The Morgan fingerprint density at radius 1 is 1.25 bits per heavy atom. The van der Waals surface area contributed by atoms with E-state index >= 15 is 0 Å². The van der Waals surface area contributed by atoms with Crippen molar-refractivity contribution in [2.75, 3.05) is 6.26 Å². The number of aliphatic hydroxyl groups excluding tert-OH is 1. The number of aryl methyl sites for hydroxylation is 1. The second-order valence-corrected chi connectivity index (χ2v) is 7.87. The third-order valence-electron chi connectivity index (χ3n) is 2.66. The van der Waals surface area contributed by atoms with Crippen molar-refractivity contribution in [3.05, 3.63) is 35.9 Å². The Bertz CT molecular complexity index is 587. The first kappa shape index (κ1) is 22.5. The molecule has 0 amide bonds. The van der Waals surface area contributed by atoms with Gasteiger partial charge in [0.25, 0.3) is 10.1 Å². The lowest BCUT2D eigenvalue weighted by Crippen LogP contribution is -2.44. The number of carbonyl (C=O) groups excluding carboxylic acids is 1. The van der Waals surface area contributed by atoms with Crippen LogP contribution in [0.25, 0.3) is 0 Å². The number of hydrogen-bond donors (Lipinski definition) is 3. The van der Waals surface area contributed by atoms with Crippen LogP contribution in [0.4, 0.5) is 0 Å². The van der Waals surface area contributed by atoms with Gasteiger partial charge in [-0.1, -0.05) is 30.3 Å². The van der Waals surface area contributed by atoms with Crippen molar-refractivity contribution < 1.29 is 27.6 Å². The Kier molecular flexibility index (Phi) is 9.13. The monoisotopic (exact) mass is 361 g/mol. The second-order valence-electron chi connectivity index (χ2n) is 6.40. The zero-order valence-corrected chi connectivity index (χ0v) is 15.3. The highest BCUT2D eigenvalue weighted by Gasteiger charge is 2.27. The molecule has 4 N–H and O–H groups in total. The average Bonchev–Trinajstić information content (AvgIpc) is 2.41. The fourth-order valence-corrected chi connectivity index (χ4v) is 1.67. The molecule has 1 aromatic rings. The van der Waals surface area contributed by atoms with Gasteiger partial charge in [0.15, 0.2) is 6.10 Å². The largest absolute Gasteiger partial charge is 0.458 e. The normalized spacial score (nSPS) is 14.1. The summed E-state index contributed by atoms with van der Waals surface area (Å²) in [6, 6.07) is 9.21. The van der Waals surface area contributed by atoms with Crippen molar-refractivity contribution in [1.29, 1.82) is 0 Å². The summed E-state index contributed by atoms with van der Waals surface area (Å²) >= 11 is 0. The van der Waals surface area contributed by atoms with E-state index in [0.29, 0.717) is 12.7 Å². The van der Waals surface area contributed by atoms with Crippen molar-refractivity contribution >= 4 is 16.1 Å². The molecule has 0 saturated heterocycles. The summed E-state index contributed by atoms with van der Waals surface area (Å²) in [5, 5.41) is 9.83. The van der Waals surface area contributed by atoms with Gasteiger partial charge in [0.2, 0.25) is 0 Å². The maximum absolute atomic E-state index is 11.7. The van der Waals surface area contributed by atoms with Gasteiger partial charge in [0.05, 0.1) is 6.26 Å². The molecule has 0 radical (unpaired) electrons. The molecule has 0 aliphatic rings. The van der Waals surface area contributed by atoms with Gasteiger partial charge < -0.3 is 15.6 Å². The van der Waals surface area contributed by atoms with E-state index in [9.17, 15) is 18.3 Å². The Morgan fingerprint density at radius 3 is 2.12 bits per heavy atom. The van der Waals surface area contributed by atoms with E-state index in [-0.39, 0.29) is 0 Å². The van der Waals surface area contributed by atoms with Crippen LogP contribution in [-0.2, 0) is 26.1 Å². The molecule has 7 nitrogen and oxygen atoms in total. The number of esters is 1. The minimum absolute atomic E-state index is 0.532. The van der Waals surface area contributed by atoms with Gasteiger partial charge >= 0.3 is 5.97 Å². The molecular formula is C16H27NO6S. The van der Waals surface area contributed by atoms with E-state index < -0.39 is 33.8 Å². The van der Waals surface area contributed by atoms with Crippen LogP contribution in [0.3, 0.4) is 0 Å². The Hall–Kier alpha value is -1.48. The Labute approximate surface area is 143 Å². The van der Waals surface area contributed by atoms with Crippen LogP contribution in [-0.4, -0.2) is 48.0 Å². The van der Waals surface area contributed by atoms with Gasteiger partial charge in [-0.25, -0.2) is 4.79 Å². The predicted molar refractivity (Wildman–Crippen MR) is 92.1 cm³/mol. The quantitative estimate of drug-likeness (QED) is 0.530. The van der Waals surface area contributed by atoms with E-state index in [0.717, 1.165) is 12.0 Å². The van der Waals surface area contributed by atoms with Crippen molar-refractivity contribution in [3.63, 3.8) is 0 Å². The van der Waals surface area contributed by atoms with Crippen LogP contribution in [0, 0.1) is 0 Å². The first-order valence-electron chi connectivity index (χ1n) is 7.42. The van der Waals surface area contributed by atoms with E-state index in [4.69, 9.17) is 15.0 Å². The van der Waals surface area contributed by atoms with Crippen molar-refractivity contribution in [1.82, 2.24) is 0 Å². The lowest BCUT2D eigenvalue weighted by atomic mass is 10.0. The van der Waals surface area contributed by atoms with Gasteiger partial charge in [-0.05, 0) is 39.2 Å². The fourth-order valence-electron chi connectivity index (χ4n) is 1.67. The molecule has 1 rings (SSSR count). The van der Waals surface area contributed by atoms with E-state index in [2.05, 4.69) is 0 Å². The highest BCUT2D eigenvalue weighted by atomic mass is 32.2. The van der Waals surface area contributed by atoms with Gasteiger partial charge in [-0.3, -0.25) is 4.55 Å². The number of ether oxygens (including phenoxy) is 1. The third-order valence-corrected chi connectivity index (χ3v) is 2.66. The van der Waals surface area contributed by atoms with Crippen molar-refractivity contribution in [2.45, 2.75) is 51.4 Å². The molecule has 8 heteroatoms. The summed E-state index contributed by atoms with van der Waals surface area (Å²) < 4.78 is 31.0. The SMILES string of the molecule is CC(C)(C)OC(=O)C(O)[C@H](N)CCc1ccccc1.CS(=O)(=O)O. The first-order chi connectivity index (χ1) is 10.8. The summed E-state index contributed by atoms with van der Waals surface area (Å²) in [5.74, 6) is -0.659. The number of carbonyl (C=O) groups is 1. The predicted octanol–water partition coefficient (Wildman–Crippen LogP) is 1.15. The maximum Gasteiger partial charge on any atom is 0.337 e. The molecule has 0 bridgehead atoms. The lowest BCUT2D eigenvalue weighted by Gasteiger charge is -2.24. The Morgan fingerprint density at radius 2 is 1.71 bits per heavy atom. The lowest BCUT2D eigenvalue weighted by molar-refractivity contribution is -0.166. The molecule has 1 aromatic carbocycles. The first-order valence-corrected chi connectivity index (χ1v) is 9.27. The molecule has 0 fully saturated rings. The van der Waals surface area contributed by atoms with Gasteiger partial charge in [0, 0.05) is 6.04 Å². The minimum Gasteiger partial charge on any atom is -0.458 e. The van der Waals surface area contributed by atoms with E-state index in [1.165, 1.54) is 0 Å². The topological polar surface area (TPSA) is 127 Å². The molecule has 0 aliphatic heterocycles. The number of rotatable bonds is 5. The van der Waals surface area contributed by atoms with Gasteiger partial charge in [0.1, 0.15) is 5.60 Å². The number of nitrogens with two attached hydrogens (primary N) is 1. The molecule has 0 aromatic heterocycles. The third kappa shape index (κ3) is 13.0. The standard InChI is InChI=1S/C15H23NO3.CH4O3S/c1-15(2,3)19-14(18)13(17)12(16)10-9-11-7-5-4-6-8-11;1-5(2,3)4/h4-8,12-13,17H,9-10,16H2,1-3H3;1H3,(H,2,3,4)/t12-,13?;/m1./s1. The van der Waals surface area contributed by atoms with Gasteiger partial charge in [-0.15, -0.1) is 0 Å². The Balaban J connectivity index is 0.000000922. The van der Waals surface area contributed by atoms with Crippen LogP contribution < -0.4 is 5.73 Å². The molecule has 1 unspecified atom stereocenters. The van der Waals surface area contributed by atoms with Crippen LogP contribution >= 0.6 is 0 Å². The molecule has 138 valence electrons. The number of aliphatic hydroxyl groups is 1. The molecule has 0 spiro atoms. The van der Waals surface area contributed by atoms with Crippen molar-refractivity contribution in [3.8, 4) is 0 Å². The van der Waals surface area contributed by atoms with Crippen LogP contribution in [0.1, 0.15) is 32.8 Å². The minimum atomic E-state index is -3.67. The average molecular weight is 361 g/mol. The summed E-state index contributed by atoms with van der Waals surface area (Å²) in [6.45, 7) is 5.27. The van der Waals surface area contributed by atoms with Crippen LogP contribution in [0.15, 0.2) is 30.3 Å². The fraction of sp³-hybridized carbons (Fsp3) is 0.562. The zero-order valence-electron chi connectivity index (χ0n) is 14.5. The zero-order chi connectivity index (χ0) is 19.0. The second kappa shape index (κ2) is 9.73. The molecule has 24 heavy (non-hydrogen) atoms. The molecule has 0 aliphatic carbocycles. The summed E-state index contributed by atoms with van der Waals surface area (Å²) in [6.07, 6.45) is 0.696. The highest BCUT2D eigenvalue weighted by Crippen LogP contribution is 2.12. The molecule has 2 atom stereocenters. The number of hydrogen-bond acceptors (Lipinski definition) is 6. The van der Waals surface area contributed by atoms with Crippen LogP contribution in [0.5, 0.6) is 0 Å². The van der Waals surface area contributed by atoms with E-state index in [1.54, 1.807) is 20.8 Å². The molecular weight excluding hydrogens is 334 g/mol. The van der Waals surface area contributed by atoms with E-state index in [1.807, 2.05) is 30.3 Å². The highest BCUT2D eigenvalue weighted by molar-refractivity contribution is 7.85. The summed E-state index contributed by atoms with van der Waals surface area (Å²) in [4.78, 5) is 11.7. The smallest absolute Gasteiger partial charge is 0.337 e. The van der Waals surface area contributed by atoms with Crippen molar-refractivity contribution in [2.24, 2.45) is 5.73 Å². The van der Waals surface area contributed by atoms with Gasteiger partial charge in [-0.2, -0.15) is 8.42 Å². The number of benzene rings is 1. The van der Waals surface area contributed by atoms with Crippen LogP contribution in [0.2, 0.25) is 0 Å². The molecule has 0 heterocycles. The summed E-state index contributed by atoms with van der Waals surface area (Å²) in [7, 11) is -3.67.